The molecule has 2 amide bonds. The van der Waals surface area contributed by atoms with Crippen LogP contribution in [0.25, 0.3) is 0 Å². The molecule has 5 rings (SSSR count). The van der Waals surface area contributed by atoms with Crippen molar-refractivity contribution in [3.63, 3.8) is 0 Å². The summed E-state index contributed by atoms with van der Waals surface area (Å²) >= 11 is 0. The van der Waals surface area contributed by atoms with Crippen LogP contribution in [0.3, 0.4) is 0 Å². The van der Waals surface area contributed by atoms with Gasteiger partial charge < -0.3 is 14.7 Å². The van der Waals surface area contributed by atoms with E-state index in [1.165, 1.54) is 11.3 Å². The molecule has 0 radical (unpaired) electrons. The average Bonchev–Trinajstić information content (AvgIpc) is 3.61. The molecule has 32 heavy (non-hydrogen) atoms. The van der Waals surface area contributed by atoms with Gasteiger partial charge in [-0.2, -0.15) is 0 Å². The molecule has 1 saturated heterocycles. The van der Waals surface area contributed by atoms with Gasteiger partial charge in [-0.25, -0.2) is 0 Å². The van der Waals surface area contributed by atoms with E-state index in [1.54, 1.807) is 0 Å². The SMILES string of the molecule is CN(C(=O)c1ccc2c(c1)C(N(C)C(=O)C1CC1)CC2)C1CCN(c2ccncc2)CC1. The zero-order valence-electron chi connectivity index (χ0n) is 19.0. The summed E-state index contributed by atoms with van der Waals surface area (Å²) in [5.41, 5.74) is 4.37. The van der Waals surface area contributed by atoms with Crippen molar-refractivity contribution in [1.82, 2.24) is 14.8 Å². The van der Waals surface area contributed by atoms with Gasteiger partial charge in [0.25, 0.3) is 5.91 Å². The highest BCUT2D eigenvalue weighted by Crippen LogP contribution is 2.39. The second kappa shape index (κ2) is 8.57. The second-order valence-corrected chi connectivity index (χ2v) is 9.53. The molecule has 1 atom stereocenters. The number of nitrogens with zero attached hydrogens (tertiary/aromatic N) is 4. The summed E-state index contributed by atoms with van der Waals surface area (Å²) in [7, 11) is 3.86. The van der Waals surface area contributed by atoms with E-state index < -0.39 is 0 Å². The van der Waals surface area contributed by atoms with Crippen LogP contribution in [-0.2, 0) is 11.2 Å². The lowest BCUT2D eigenvalue weighted by Crippen LogP contribution is -2.45. The minimum absolute atomic E-state index is 0.0805. The lowest BCUT2D eigenvalue weighted by Gasteiger charge is -2.38. The fraction of sp³-hybridized carbons (Fsp3) is 0.500. The van der Waals surface area contributed by atoms with Crippen LogP contribution in [-0.4, -0.2) is 59.8 Å². The highest BCUT2D eigenvalue weighted by molar-refractivity contribution is 5.94. The fourth-order valence-electron chi connectivity index (χ4n) is 5.32. The Morgan fingerprint density at radius 1 is 0.938 bits per heavy atom. The molecular weight excluding hydrogens is 400 g/mol. The third-order valence-corrected chi connectivity index (χ3v) is 7.54. The van der Waals surface area contributed by atoms with Gasteiger partial charge >= 0.3 is 0 Å². The van der Waals surface area contributed by atoms with Crippen LogP contribution in [0.15, 0.2) is 42.7 Å². The average molecular weight is 433 g/mol. The quantitative estimate of drug-likeness (QED) is 0.723. The van der Waals surface area contributed by atoms with Crippen molar-refractivity contribution in [3.8, 4) is 0 Å². The van der Waals surface area contributed by atoms with Crippen molar-refractivity contribution in [1.29, 1.82) is 0 Å². The number of carbonyl (C=O) groups excluding carboxylic acids is 2. The Morgan fingerprint density at radius 2 is 1.66 bits per heavy atom. The minimum atomic E-state index is 0.0805. The van der Waals surface area contributed by atoms with Gasteiger partial charge in [-0.05, 0) is 73.9 Å². The Labute approximate surface area is 190 Å². The number of benzene rings is 1. The fourth-order valence-corrected chi connectivity index (χ4v) is 5.32. The molecule has 0 N–H and O–H groups in total. The van der Waals surface area contributed by atoms with Crippen LogP contribution in [0.1, 0.15) is 59.6 Å². The third kappa shape index (κ3) is 3.98. The third-order valence-electron chi connectivity index (χ3n) is 7.54. The Balaban J connectivity index is 1.26. The molecule has 6 heteroatoms. The summed E-state index contributed by atoms with van der Waals surface area (Å²) in [5.74, 6) is 0.563. The number of carbonyl (C=O) groups is 2. The van der Waals surface area contributed by atoms with E-state index in [9.17, 15) is 9.59 Å². The van der Waals surface area contributed by atoms with Crippen LogP contribution in [0, 0.1) is 5.92 Å². The van der Waals surface area contributed by atoms with Crippen molar-refractivity contribution in [2.24, 2.45) is 5.92 Å². The topological polar surface area (TPSA) is 56.8 Å². The van der Waals surface area contributed by atoms with Gasteiger partial charge in [-0.15, -0.1) is 0 Å². The zero-order chi connectivity index (χ0) is 22.2. The van der Waals surface area contributed by atoms with E-state index in [0.717, 1.165) is 62.7 Å². The van der Waals surface area contributed by atoms with Crippen molar-refractivity contribution >= 4 is 17.5 Å². The number of amides is 2. The van der Waals surface area contributed by atoms with Gasteiger partial charge in [-0.1, -0.05) is 6.07 Å². The molecule has 1 aromatic carbocycles. The molecule has 0 bridgehead atoms. The molecule has 168 valence electrons. The molecule has 1 saturated carbocycles. The monoisotopic (exact) mass is 432 g/mol. The molecule has 2 aromatic rings. The summed E-state index contributed by atoms with van der Waals surface area (Å²) in [4.78, 5) is 36.3. The molecule has 6 nitrogen and oxygen atoms in total. The van der Waals surface area contributed by atoms with Gasteiger partial charge in [-0.3, -0.25) is 14.6 Å². The number of fused-ring (bicyclic) bond motifs is 1. The second-order valence-electron chi connectivity index (χ2n) is 9.53. The molecule has 2 heterocycles. The van der Waals surface area contributed by atoms with Crippen molar-refractivity contribution < 1.29 is 9.59 Å². The maximum atomic E-state index is 13.3. The number of aryl methyl sites for hydroxylation is 1. The Bertz CT molecular complexity index is 996. The van der Waals surface area contributed by atoms with Crippen LogP contribution in [0.5, 0.6) is 0 Å². The predicted octanol–water partition coefficient (Wildman–Crippen LogP) is 3.68. The molecule has 1 unspecified atom stereocenters. The first-order valence-electron chi connectivity index (χ1n) is 11.8. The van der Waals surface area contributed by atoms with E-state index in [1.807, 2.05) is 54.5 Å². The zero-order valence-corrected chi connectivity index (χ0v) is 19.0. The molecule has 1 aromatic heterocycles. The molecular formula is C26H32N4O2. The summed E-state index contributed by atoms with van der Waals surface area (Å²) < 4.78 is 0. The summed E-state index contributed by atoms with van der Waals surface area (Å²) in [6.45, 7) is 1.87. The van der Waals surface area contributed by atoms with E-state index in [0.29, 0.717) is 0 Å². The van der Waals surface area contributed by atoms with Gasteiger partial charge in [0.05, 0.1) is 6.04 Å². The predicted molar refractivity (Wildman–Crippen MR) is 125 cm³/mol. The Hall–Kier alpha value is -2.89. The largest absolute Gasteiger partial charge is 0.371 e. The normalized spacial score (nSPS) is 20.7. The number of piperidine rings is 1. The number of rotatable bonds is 5. The van der Waals surface area contributed by atoms with E-state index >= 15 is 0 Å². The number of hydrogen-bond acceptors (Lipinski definition) is 4. The van der Waals surface area contributed by atoms with Crippen molar-refractivity contribution in [2.75, 3.05) is 32.1 Å². The summed E-state index contributed by atoms with van der Waals surface area (Å²) in [6, 6.07) is 10.5. The number of hydrogen-bond donors (Lipinski definition) is 0. The molecule has 2 fully saturated rings. The summed E-state index contributed by atoms with van der Waals surface area (Å²) in [5, 5.41) is 0. The van der Waals surface area contributed by atoms with Gasteiger partial charge in [0.1, 0.15) is 0 Å². The highest BCUT2D eigenvalue weighted by atomic mass is 16.2. The minimum Gasteiger partial charge on any atom is -0.371 e. The Morgan fingerprint density at radius 3 is 2.34 bits per heavy atom. The van der Waals surface area contributed by atoms with Crippen LogP contribution < -0.4 is 4.90 Å². The molecule has 0 spiro atoms. The van der Waals surface area contributed by atoms with Gasteiger partial charge in [0.15, 0.2) is 0 Å². The standard InChI is InChI=1S/C26H32N4O2/c1-28(21-11-15-30(16-12-21)22-9-13-27-14-10-22)26(32)20-6-3-18-7-8-24(23(18)17-20)29(2)25(31)19-4-5-19/h3,6,9-10,13-14,17,19,21,24H,4-5,7-8,11-12,15-16H2,1-2H3. The lowest BCUT2D eigenvalue weighted by atomic mass is 10.00. The van der Waals surface area contributed by atoms with Gasteiger partial charge in [0, 0.05) is 62.8 Å². The van der Waals surface area contributed by atoms with Crippen LogP contribution >= 0.6 is 0 Å². The van der Waals surface area contributed by atoms with E-state index in [4.69, 9.17) is 0 Å². The Kier molecular flexibility index (Phi) is 5.62. The smallest absolute Gasteiger partial charge is 0.253 e. The van der Waals surface area contributed by atoms with Crippen molar-refractivity contribution in [3.05, 3.63) is 59.4 Å². The maximum absolute atomic E-state index is 13.3. The molecule has 2 aliphatic carbocycles. The summed E-state index contributed by atoms with van der Waals surface area (Å²) in [6.07, 6.45) is 9.53. The van der Waals surface area contributed by atoms with E-state index in [2.05, 4.69) is 22.0 Å². The van der Waals surface area contributed by atoms with Crippen molar-refractivity contribution in [2.45, 2.75) is 50.6 Å². The molecule has 1 aliphatic heterocycles. The first-order chi connectivity index (χ1) is 15.5. The number of aromatic nitrogens is 1. The number of anilines is 1. The van der Waals surface area contributed by atoms with Gasteiger partial charge in [0.2, 0.25) is 5.91 Å². The number of pyridine rings is 1. The molecule has 3 aliphatic rings. The van der Waals surface area contributed by atoms with E-state index in [-0.39, 0.29) is 29.8 Å². The first-order valence-corrected chi connectivity index (χ1v) is 11.8. The first kappa shape index (κ1) is 21.0. The highest BCUT2D eigenvalue weighted by Gasteiger charge is 2.37. The maximum Gasteiger partial charge on any atom is 0.253 e. The van der Waals surface area contributed by atoms with Crippen LogP contribution in [0.2, 0.25) is 0 Å². The van der Waals surface area contributed by atoms with Crippen LogP contribution in [0.4, 0.5) is 5.69 Å². The lowest BCUT2D eigenvalue weighted by molar-refractivity contribution is -0.133.